The van der Waals surface area contributed by atoms with E-state index in [2.05, 4.69) is 17.6 Å². The first-order chi connectivity index (χ1) is 15.5. The van der Waals surface area contributed by atoms with Gasteiger partial charge in [0.05, 0.1) is 24.4 Å². The first-order valence-electron chi connectivity index (χ1n) is 11.0. The highest BCUT2D eigenvalue weighted by molar-refractivity contribution is 8.00. The summed E-state index contributed by atoms with van der Waals surface area (Å²) in [4.78, 5) is 25.0. The summed E-state index contributed by atoms with van der Waals surface area (Å²) < 4.78 is 5.44. The summed E-state index contributed by atoms with van der Waals surface area (Å²) in [5.74, 6) is -0.204. The number of hydrogen-bond donors (Lipinski definition) is 3. The van der Waals surface area contributed by atoms with Crippen molar-refractivity contribution in [2.45, 2.75) is 44.1 Å². The number of nitrogens with zero attached hydrogens (tertiary/aromatic N) is 1. The third-order valence-corrected chi connectivity index (χ3v) is 6.45. The molecule has 0 saturated carbocycles. The zero-order chi connectivity index (χ0) is 22.8. The minimum absolute atomic E-state index is 0.0703. The number of carbonyl (C=O) groups excluding carboxylic acids is 1. The van der Waals surface area contributed by atoms with Gasteiger partial charge in [-0.15, -0.1) is 11.8 Å². The summed E-state index contributed by atoms with van der Waals surface area (Å²) >= 11 is 1.52. The minimum Gasteiger partial charge on any atom is -0.481 e. The smallest absolute Gasteiger partial charge is 0.410 e. The van der Waals surface area contributed by atoms with Gasteiger partial charge in [0.2, 0.25) is 0 Å². The van der Waals surface area contributed by atoms with E-state index >= 15 is 0 Å². The number of rotatable bonds is 12. The monoisotopic (exact) mass is 457 g/mol. The molecule has 0 radical (unpaired) electrons. The predicted molar refractivity (Wildman–Crippen MR) is 129 cm³/mol. The molecule has 172 valence electrons. The van der Waals surface area contributed by atoms with Gasteiger partial charge in [-0.25, -0.2) is 4.79 Å². The number of carboxylic acids is 1. The summed E-state index contributed by atoms with van der Waals surface area (Å²) in [5.41, 5.74) is 2.84. The van der Waals surface area contributed by atoms with E-state index in [-0.39, 0.29) is 12.5 Å². The Bertz CT molecular complexity index is 869. The van der Waals surface area contributed by atoms with E-state index in [0.29, 0.717) is 31.9 Å². The highest BCUT2D eigenvalue weighted by Gasteiger charge is 2.38. The molecule has 1 heterocycles. The average molecular weight is 458 g/mol. The van der Waals surface area contributed by atoms with Crippen LogP contribution in [0, 0.1) is 0 Å². The van der Waals surface area contributed by atoms with Gasteiger partial charge in [-0.05, 0) is 36.3 Å². The van der Waals surface area contributed by atoms with Crippen molar-refractivity contribution >= 4 is 35.2 Å². The van der Waals surface area contributed by atoms with Crippen molar-refractivity contribution in [1.29, 1.82) is 0 Å². The van der Waals surface area contributed by atoms with Crippen LogP contribution in [0.3, 0.4) is 0 Å². The number of anilines is 2. The van der Waals surface area contributed by atoms with E-state index in [0.717, 1.165) is 29.8 Å². The molecule has 0 aliphatic carbocycles. The number of unbranched alkanes of at least 4 members (excludes halogenated alkanes) is 1. The third-order valence-electron chi connectivity index (χ3n) is 5.12. The van der Waals surface area contributed by atoms with Crippen molar-refractivity contribution in [2.24, 2.45) is 0 Å². The van der Waals surface area contributed by atoms with Crippen molar-refractivity contribution in [3.63, 3.8) is 0 Å². The van der Waals surface area contributed by atoms with Crippen LogP contribution < -0.4 is 10.6 Å². The van der Waals surface area contributed by atoms with E-state index in [1.807, 2.05) is 54.6 Å². The van der Waals surface area contributed by atoms with Crippen LogP contribution in [0.2, 0.25) is 0 Å². The normalized spacial score (nSPS) is 13.5. The fourth-order valence-electron chi connectivity index (χ4n) is 3.53. The summed E-state index contributed by atoms with van der Waals surface area (Å²) in [6.07, 6.45) is 2.14. The summed E-state index contributed by atoms with van der Waals surface area (Å²) in [6.45, 7) is 3.49. The van der Waals surface area contributed by atoms with Gasteiger partial charge in [-0.2, -0.15) is 0 Å². The zero-order valence-electron chi connectivity index (χ0n) is 18.4. The topological polar surface area (TPSA) is 90.9 Å². The van der Waals surface area contributed by atoms with Crippen molar-refractivity contribution in [3.8, 4) is 0 Å². The second kappa shape index (κ2) is 11.7. The highest BCUT2D eigenvalue weighted by atomic mass is 32.2. The van der Waals surface area contributed by atoms with E-state index in [1.54, 1.807) is 4.90 Å². The summed E-state index contributed by atoms with van der Waals surface area (Å²) in [7, 11) is 0. The number of nitrogens with one attached hydrogen (secondary N) is 2. The highest BCUT2D eigenvalue weighted by Crippen LogP contribution is 2.41. The number of ether oxygens (including phenoxy) is 1. The fraction of sp³-hybridized carbons (Fsp3) is 0.417. The van der Waals surface area contributed by atoms with Crippen LogP contribution in [0.25, 0.3) is 0 Å². The Morgan fingerprint density at radius 1 is 1.03 bits per heavy atom. The SMILES string of the molecule is CCCCOC(=O)N(CCCSC1(CC(=O)O)Nc2ccccc2N1)Cc1ccccc1. The van der Waals surface area contributed by atoms with Gasteiger partial charge >= 0.3 is 12.1 Å². The molecule has 0 aromatic heterocycles. The van der Waals surface area contributed by atoms with Gasteiger partial charge in [0.25, 0.3) is 0 Å². The molecule has 32 heavy (non-hydrogen) atoms. The standard InChI is InChI=1S/C24H31N3O4S/c1-2-3-15-31-23(30)27(18-19-10-5-4-6-11-19)14-9-16-32-24(17-22(28)29)25-20-12-7-8-13-21(20)26-24/h4-8,10-13,25-26H,2-3,9,14-18H2,1H3,(H,28,29). The maximum absolute atomic E-state index is 12.6. The Labute approximate surface area is 193 Å². The number of para-hydroxylation sites is 2. The number of carbonyl (C=O) groups is 2. The van der Waals surface area contributed by atoms with E-state index in [1.165, 1.54) is 11.8 Å². The molecule has 0 unspecified atom stereocenters. The number of amides is 1. The Balaban J connectivity index is 1.57. The van der Waals surface area contributed by atoms with Crippen LogP contribution in [0.15, 0.2) is 54.6 Å². The van der Waals surface area contributed by atoms with Gasteiger partial charge in [0, 0.05) is 13.1 Å². The van der Waals surface area contributed by atoms with Crippen molar-refractivity contribution in [1.82, 2.24) is 4.90 Å². The second-order valence-corrected chi connectivity index (χ2v) is 9.16. The van der Waals surface area contributed by atoms with Gasteiger partial charge in [-0.3, -0.25) is 4.79 Å². The Morgan fingerprint density at radius 3 is 2.31 bits per heavy atom. The zero-order valence-corrected chi connectivity index (χ0v) is 19.2. The van der Waals surface area contributed by atoms with E-state index in [4.69, 9.17) is 4.74 Å². The predicted octanol–water partition coefficient (Wildman–Crippen LogP) is 5.21. The molecule has 0 spiro atoms. The number of fused-ring (bicyclic) bond motifs is 1. The third kappa shape index (κ3) is 6.82. The largest absolute Gasteiger partial charge is 0.481 e. The lowest BCUT2D eigenvalue weighted by atomic mass is 10.2. The fourth-order valence-corrected chi connectivity index (χ4v) is 4.74. The van der Waals surface area contributed by atoms with E-state index < -0.39 is 11.0 Å². The average Bonchev–Trinajstić information content (AvgIpc) is 3.14. The number of benzene rings is 2. The first kappa shape index (κ1) is 23.8. The molecule has 3 N–H and O–H groups in total. The molecule has 1 aliphatic rings. The van der Waals surface area contributed by atoms with Crippen molar-refractivity contribution in [2.75, 3.05) is 29.5 Å². The van der Waals surface area contributed by atoms with Crippen LogP contribution >= 0.6 is 11.8 Å². The van der Waals surface area contributed by atoms with Crippen molar-refractivity contribution in [3.05, 3.63) is 60.2 Å². The summed E-state index contributed by atoms with van der Waals surface area (Å²) in [6, 6.07) is 17.5. The van der Waals surface area contributed by atoms with Crippen LogP contribution in [-0.4, -0.2) is 46.0 Å². The van der Waals surface area contributed by atoms with Crippen LogP contribution in [0.1, 0.15) is 38.2 Å². The molecule has 1 aliphatic heterocycles. The Kier molecular flexibility index (Phi) is 8.67. The molecule has 3 rings (SSSR count). The van der Waals surface area contributed by atoms with Crippen LogP contribution in [0.4, 0.5) is 16.2 Å². The molecule has 0 saturated heterocycles. The molecule has 0 fully saturated rings. The van der Waals surface area contributed by atoms with E-state index in [9.17, 15) is 14.7 Å². The van der Waals surface area contributed by atoms with Crippen LogP contribution in [0.5, 0.6) is 0 Å². The Morgan fingerprint density at radius 2 is 1.69 bits per heavy atom. The number of aliphatic carboxylic acids is 1. The molecule has 7 nitrogen and oxygen atoms in total. The Hall–Kier alpha value is -2.87. The quantitative estimate of drug-likeness (QED) is 0.377. The maximum Gasteiger partial charge on any atom is 0.410 e. The van der Waals surface area contributed by atoms with Crippen LogP contribution in [-0.2, 0) is 16.1 Å². The van der Waals surface area contributed by atoms with Gasteiger partial charge < -0.3 is 25.4 Å². The maximum atomic E-state index is 12.6. The molecule has 2 aromatic carbocycles. The summed E-state index contributed by atoms with van der Waals surface area (Å²) in [5, 5.41) is 16.1. The van der Waals surface area contributed by atoms with Gasteiger partial charge in [0.1, 0.15) is 0 Å². The molecule has 0 atom stereocenters. The van der Waals surface area contributed by atoms with Crippen molar-refractivity contribution < 1.29 is 19.4 Å². The molecule has 8 heteroatoms. The molecule has 0 bridgehead atoms. The lowest BCUT2D eigenvalue weighted by Crippen LogP contribution is -2.41. The number of thioether (sulfide) groups is 1. The molecule has 1 amide bonds. The molecular weight excluding hydrogens is 426 g/mol. The lowest BCUT2D eigenvalue weighted by molar-refractivity contribution is -0.137. The lowest BCUT2D eigenvalue weighted by Gasteiger charge is -2.29. The second-order valence-electron chi connectivity index (χ2n) is 7.77. The number of hydrogen-bond acceptors (Lipinski definition) is 6. The molecular formula is C24H31N3O4S. The number of carboxylic acid groups (broad SMARTS) is 1. The first-order valence-corrected chi connectivity index (χ1v) is 12.0. The minimum atomic E-state index is -0.879. The molecule has 2 aromatic rings. The van der Waals surface area contributed by atoms with Gasteiger partial charge in [-0.1, -0.05) is 55.8 Å². The van der Waals surface area contributed by atoms with Gasteiger partial charge in [0.15, 0.2) is 4.99 Å².